The van der Waals surface area contributed by atoms with Crippen LogP contribution >= 0.6 is 11.3 Å². The van der Waals surface area contributed by atoms with Crippen molar-refractivity contribution in [2.45, 2.75) is 32.6 Å². The number of allylic oxidation sites excluding steroid dienone is 4. The number of aromatic nitrogens is 3. The molecular formula is C22H19N3OS. The molecule has 3 aromatic rings. The molecule has 134 valence electrons. The summed E-state index contributed by atoms with van der Waals surface area (Å²) in [5.74, 6) is 7.06. The van der Waals surface area contributed by atoms with E-state index in [0.717, 1.165) is 24.4 Å². The van der Waals surface area contributed by atoms with E-state index in [4.69, 9.17) is 4.98 Å². The zero-order valence-electron chi connectivity index (χ0n) is 15.3. The Morgan fingerprint density at radius 1 is 1.22 bits per heavy atom. The minimum absolute atomic E-state index is 0.0651. The monoisotopic (exact) mass is 373 g/mol. The molecule has 4 nitrogen and oxygen atoms in total. The van der Waals surface area contributed by atoms with E-state index >= 15 is 0 Å². The second kappa shape index (κ2) is 7.34. The smallest absolute Gasteiger partial charge is 0.267 e. The van der Waals surface area contributed by atoms with E-state index in [1.54, 1.807) is 10.1 Å². The lowest BCUT2D eigenvalue weighted by molar-refractivity contribution is 0.729. The van der Waals surface area contributed by atoms with Gasteiger partial charge in [-0.3, -0.25) is 9.36 Å². The zero-order valence-corrected chi connectivity index (χ0v) is 16.1. The summed E-state index contributed by atoms with van der Waals surface area (Å²) in [6, 6.07) is 5.65. The number of hydrogen-bond donors (Lipinski definition) is 0. The van der Waals surface area contributed by atoms with Gasteiger partial charge >= 0.3 is 0 Å². The molecule has 0 atom stereocenters. The molecule has 0 N–H and O–H groups in total. The van der Waals surface area contributed by atoms with E-state index in [0.29, 0.717) is 22.2 Å². The van der Waals surface area contributed by atoms with Gasteiger partial charge in [0.25, 0.3) is 5.56 Å². The van der Waals surface area contributed by atoms with Gasteiger partial charge in [0.1, 0.15) is 11.5 Å². The van der Waals surface area contributed by atoms with Gasteiger partial charge in [-0.1, -0.05) is 38.0 Å². The van der Waals surface area contributed by atoms with Crippen molar-refractivity contribution in [2.24, 2.45) is 0 Å². The largest absolute Gasteiger partial charge is 0.268 e. The van der Waals surface area contributed by atoms with Crippen LogP contribution in [0.4, 0.5) is 0 Å². The third kappa shape index (κ3) is 3.36. The predicted octanol–water partition coefficient (Wildman–Crippen LogP) is 4.57. The Morgan fingerprint density at radius 2 is 2.11 bits per heavy atom. The first kappa shape index (κ1) is 17.4. The van der Waals surface area contributed by atoms with Gasteiger partial charge in [0.15, 0.2) is 0 Å². The second-order valence-electron chi connectivity index (χ2n) is 6.70. The maximum absolute atomic E-state index is 13.5. The average molecular weight is 373 g/mol. The Labute approximate surface area is 161 Å². The van der Waals surface area contributed by atoms with E-state index in [9.17, 15) is 4.79 Å². The van der Waals surface area contributed by atoms with Crippen LogP contribution < -0.4 is 5.56 Å². The van der Waals surface area contributed by atoms with Crippen molar-refractivity contribution in [1.82, 2.24) is 14.5 Å². The standard InChI is InChI=1S/C22H19N3OS/c1-15(2)21-24-19-10-6-7-16(11-12-17-13-27-14-23-17)20(19)22(26)25(21)18-8-4-3-5-9-18/h4,6-10,13-15H,3,5H2,1-2H3. The van der Waals surface area contributed by atoms with Crippen molar-refractivity contribution in [1.29, 1.82) is 0 Å². The normalized spacial score (nSPS) is 13.5. The first-order valence-corrected chi connectivity index (χ1v) is 9.92. The summed E-state index contributed by atoms with van der Waals surface area (Å²) >= 11 is 1.50. The Hall–Kier alpha value is -2.97. The van der Waals surface area contributed by atoms with Gasteiger partial charge in [-0.05, 0) is 37.0 Å². The molecule has 0 saturated carbocycles. The summed E-state index contributed by atoms with van der Waals surface area (Å²) in [4.78, 5) is 22.5. The maximum atomic E-state index is 13.5. The average Bonchev–Trinajstić information content (AvgIpc) is 3.20. The van der Waals surface area contributed by atoms with Crippen LogP contribution in [-0.4, -0.2) is 14.5 Å². The molecule has 2 heterocycles. The summed E-state index contributed by atoms with van der Waals surface area (Å²) in [5, 5.41) is 2.45. The highest BCUT2D eigenvalue weighted by molar-refractivity contribution is 7.07. The van der Waals surface area contributed by atoms with Gasteiger partial charge in [-0.25, -0.2) is 9.97 Å². The predicted molar refractivity (Wildman–Crippen MR) is 111 cm³/mol. The molecule has 0 amide bonds. The van der Waals surface area contributed by atoms with Gasteiger partial charge in [-0.2, -0.15) is 0 Å². The van der Waals surface area contributed by atoms with Gasteiger partial charge in [0.2, 0.25) is 0 Å². The van der Waals surface area contributed by atoms with Crippen LogP contribution in [0.25, 0.3) is 16.6 Å². The third-order valence-electron chi connectivity index (χ3n) is 4.43. The van der Waals surface area contributed by atoms with Gasteiger partial charge in [0.05, 0.1) is 16.4 Å². The number of hydrogen-bond acceptors (Lipinski definition) is 4. The van der Waals surface area contributed by atoms with Crippen molar-refractivity contribution < 1.29 is 0 Å². The van der Waals surface area contributed by atoms with Crippen molar-refractivity contribution in [2.75, 3.05) is 0 Å². The topological polar surface area (TPSA) is 47.8 Å². The number of benzene rings is 1. The van der Waals surface area contributed by atoms with Crippen LogP contribution in [0.2, 0.25) is 0 Å². The first-order valence-electron chi connectivity index (χ1n) is 8.98. The lowest BCUT2D eigenvalue weighted by Gasteiger charge is -2.18. The molecule has 4 rings (SSSR count). The lowest BCUT2D eigenvalue weighted by Crippen LogP contribution is -2.26. The zero-order chi connectivity index (χ0) is 18.8. The molecule has 5 heteroatoms. The summed E-state index contributed by atoms with van der Waals surface area (Å²) in [5.41, 5.74) is 4.66. The Bertz CT molecular complexity index is 1170. The van der Waals surface area contributed by atoms with Crippen molar-refractivity contribution in [3.63, 3.8) is 0 Å². The van der Waals surface area contributed by atoms with Crippen molar-refractivity contribution in [3.05, 3.63) is 74.8 Å². The Balaban J connectivity index is 1.99. The highest BCUT2D eigenvalue weighted by Gasteiger charge is 2.18. The molecule has 0 bridgehead atoms. The molecule has 0 spiro atoms. The number of nitrogens with zero attached hydrogens (tertiary/aromatic N) is 3. The summed E-state index contributed by atoms with van der Waals surface area (Å²) < 4.78 is 1.75. The van der Waals surface area contributed by atoms with Crippen molar-refractivity contribution in [3.8, 4) is 11.8 Å². The molecule has 0 radical (unpaired) electrons. The quantitative estimate of drug-likeness (QED) is 0.618. The Kier molecular flexibility index (Phi) is 4.74. The summed E-state index contributed by atoms with van der Waals surface area (Å²) in [6.45, 7) is 4.12. The van der Waals surface area contributed by atoms with E-state index < -0.39 is 0 Å². The van der Waals surface area contributed by atoms with Gasteiger partial charge in [0, 0.05) is 22.6 Å². The summed E-state index contributed by atoms with van der Waals surface area (Å²) in [7, 11) is 0. The highest BCUT2D eigenvalue weighted by Crippen LogP contribution is 2.22. The van der Waals surface area contributed by atoms with E-state index in [1.165, 1.54) is 11.3 Å². The van der Waals surface area contributed by atoms with Crippen molar-refractivity contribution >= 4 is 27.9 Å². The van der Waals surface area contributed by atoms with Gasteiger partial charge in [-0.15, -0.1) is 11.3 Å². The fourth-order valence-corrected chi connectivity index (χ4v) is 3.64. The highest BCUT2D eigenvalue weighted by atomic mass is 32.1. The summed E-state index contributed by atoms with van der Waals surface area (Å²) in [6.07, 6.45) is 8.14. The number of thiazole rings is 1. The van der Waals surface area contributed by atoms with Gasteiger partial charge < -0.3 is 0 Å². The molecule has 0 fully saturated rings. The SMILES string of the molecule is CC(C)c1nc2cccc(C#Cc3cscn3)c2c(=O)n1C1=CCCC=C1. The number of fused-ring (bicyclic) bond motifs is 1. The van der Waals surface area contributed by atoms with Crippen LogP contribution in [0.3, 0.4) is 0 Å². The molecule has 0 aliphatic heterocycles. The molecule has 1 aliphatic carbocycles. The minimum Gasteiger partial charge on any atom is -0.268 e. The molecule has 0 saturated heterocycles. The molecule has 0 unspecified atom stereocenters. The fourth-order valence-electron chi connectivity index (χ4n) is 3.16. The van der Waals surface area contributed by atoms with Crippen LogP contribution in [0.1, 0.15) is 49.7 Å². The Morgan fingerprint density at radius 3 is 2.81 bits per heavy atom. The molecule has 27 heavy (non-hydrogen) atoms. The number of rotatable bonds is 2. The van der Waals surface area contributed by atoms with Crippen LogP contribution in [0.15, 0.2) is 52.1 Å². The first-order chi connectivity index (χ1) is 13.1. The molecule has 1 aromatic carbocycles. The van der Waals surface area contributed by atoms with Crippen LogP contribution in [0, 0.1) is 11.8 Å². The second-order valence-corrected chi connectivity index (χ2v) is 7.42. The fraction of sp³-hybridized carbons (Fsp3) is 0.227. The molecule has 1 aliphatic rings. The minimum atomic E-state index is -0.0651. The maximum Gasteiger partial charge on any atom is 0.267 e. The van der Waals surface area contributed by atoms with E-state index in [-0.39, 0.29) is 11.5 Å². The van der Waals surface area contributed by atoms with E-state index in [2.05, 4.69) is 42.8 Å². The van der Waals surface area contributed by atoms with Crippen LogP contribution in [-0.2, 0) is 0 Å². The third-order valence-corrected chi connectivity index (χ3v) is 5.02. The molecular weight excluding hydrogens is 354 g/mol. The molecule has 2 aromatic heterocycles. The lowest BCUT2D eigenvalue weighted by atomic mass is 10.1. The van der Waals surface area contributed by atoms with Crippen LogP contribution in [0.5, 0.6) is 0 Å². The van der Waals surface area contributed by atoms with E-state index in [1.807, 2.05) is 29.7 Å².